The summed E-state index contributed by atoms with van der Waals surface area (Å²) in [5.41, 5.74) is 4.29. The molecule has 3 rings (SSSR count). The highest BCUT2D eigenvalue weighted by atomic mass is 16.5. The summed E-state index contributed by atoms with van der Waals surface area (Å²) in [4.78, 5) is 21.3. The quantitative estimate of drug-likeness (QED) is 0.738. The molecule has 134 valence electrons. The lowest BCUT2D eigenvalue weighted by Gasteiger charge is -2.13. The highest BCUT2D eigenvalue weighted by molar-refractivity contribution is 5.97. The smallest absolute Gasteiger partial charge is 0.251 e. The number of ether oxygens (including phenoxy) is 1. The molecule has 0 saturated carbocycles. The molecule has 2 aromatic carbocycles. The minimum Gasteiger partial charge on any atom is -0.497 e. The third-order valence-corrected chi connectivity index (χ3v) is 4.27. The number of carbonyl (C=O) groups excluding carboxylic acids is 1. The molecule has 2 N–H and O–H groups in total. The van der Waals surface area contributed by atoms with E-state index in [0.29, 0.717) is 22.4 Å². The molecule has 1 heterocycles. The van der Waals surface area contributed by atoms with Crippen molar-refractivity contribution >= 4 is 16.9 Å². The van der Waals surface area contributed by atoms with Crippen LogP contribution in [0, 0.1) is 13.8 Å². The second kappa shape index (κ2) is 7.49. The molecule has 0 radical (unpaired) electrons. The zero-order valence-electron chi connectivity index (χ0n) is 15.0. The molecule has 0 saturated heterocycles. The van der Waals surface area contributed by atoms with Gasteiger partial charge >= 0.3 is 0 Å². The average molecular weight is 351 g/mol. The fraction of sp³-hybridized carbons (Fsp3) is 0.250. The lowest BCUT2D eigenvalue weighted by molar-refractivity contribution is 0.0916. The van der Waals surface area contributed by atoms with Crippen molar-refractivity contribution in [3.05, 3.63) is 65.0 Å². The number of nitrogens with one attached hydrogen (secondary N) is 1. The number of methoxy groups -OCH3 is 1. The van der Waals surface area contributed by atoms with Gasteiger partial charge in [-0.2, -0.15) is 0 Å². The summed E-state index contributed by atoms with van der Waals surface area (Å²) in [6.07, 6.45) is -0.820. The Morgan fingerprint density at radius 3 is 2.58 bits per heavy atom. The Morgan fingerprint density at radius 2 is 1.85 bits per heavy atom. The van der Waals surface area contributed by atoms with Crippen molar-refractivity contribution in [3.63, 3.8) is 0 Å². The van der Waals surface area contributed by atoms with Crippen molar-refractivity contribution in [2.75, 3.05) is 13.7 Å². The largest absolute Gasteiger partial charge is 0.497 e. The minimum absolute atomic E-state index is 0.0998. The van der Waals surface area contributed by atoms with Gasteiger partial charge < -0.3 is 15.2 Å². The Hall–Kier alpha value is -2.99. The van der Waals surface area contributed by atoms with Gasteiger partial charge in [-0.05, 0) is 49.7 Å². The number of aromatic nitrogens is 2. The van der Waals surface area contributed by atoms with Crippen LogP contribution in [0.3, 0.4) is 0 Å². The molecule has 26 heavy (non-hydrogen) atoms. The predicted molar refractivity (Wildman–Crippen MR) is 99.3 cm³/mol. The van der Waals surface area contributed by atoms with E-state index in [9.17, 15) is 9.90 Å². The van der Waals surface area contributed by atoms with E-state index in [1.807, 2.05) is 13.8 Å². The van der Waals surface area contributed by atoms with Crippen molar-refractivity contribution in [3.8, 4) is 5.75 Å². The van der Waals surface area contributed by atoms with Crippen LogP contribution in [0.4, 0.5) is 0 Å². The molecule has 6 heteroatoms. The molecule has 0 aliphatic rings. The lowest BCUT2D eigenvalue weighted by atomic mass is 10.1. The van der Waals surface area contributed by atoms with Gasteiger partial charge in [0.1, 0.15) is 5.75 Å². The molecule has 0 spiro atoms. The lowest BCUT2D eigenvalue weighted by Crippen LogP contribution is -2.28. The highest BCUT2D eigenvalue weighted by Crippen LogP contribution is 2.19. The molecule has 6 nitrogen and oxygen atoms in total. The van der Waals surface area contributed by atoms with Crippen LogP contribution >= 0.6 is 0 Å². The molecular formula is C20H21N3O3. The van der Waals surface area contributed by atoms with Crippen LogP contribution in [-0.4, -0.2) is 34.6 Å². The van der Waals surface area contributed by atoms with Gasteiger partial charge in [0, 0.05) is 12.1 Å². The minimum atomic E-state index is -0.820. The van der Waals surface area contributed by atoms with E-state index in [-0.39, 0.29) is 12.5 Å². The SMILES string of the molecule is COc1cccc(C(O)CNC(=O)c2ccc3nc(C)c(C)nc3c2)c1. The van der Waals surface area contributed by atoms with Gasteiger partial charge in [0.2, 0.25) is 0 Å². The van der Waals surface area contributed by atoms with E-state index in [0.717, 1.165) is 16.9 Å². The first-order chi connectivity index (χ1) is 12.5. The first kappa shape index (κ1) is 17.8. The maximum absolute atomic E-state index is 12.4. The number of aryl methyl sites for hydroxylation is 2. The Kier molecular flexibility index (Phi) is 5.14. The average Bonchev–Trinajstić information content (AvgIpc) is 2.66. The second-order valence-electron chi connectivity index (χ2n) is 6.10. The Labute approximate surface area is 151 Å². The van der Waals surface area contributed by atoms with Crippen molar-refractivity contribution < 1.29 is 14.6 Å². The van der Waals surface area contributed by atoms with Crippen LogP contribution in [0.15, 0.2) is 42.5 Å². The van der Waals surface area contributed by atoms with Crippen molar-refractivity contribution in [2.45, 2.75) is 20.0 Å². The van der Waals surface area contributed by atoms with Crippen LogP contribution < -0.4 is 10.1 Å². The van der Waals surface area contributed by atoms with E-state index in [2.05, 4.69) is 15.3 Å². The number of benzene rings is 2. The van der Waals surface area contributed by atoms with Gasteiger partial charge in [0.05, 0.1) is 35.6 Å². The summed E-state index contributed by atoms with van der Waals surface area (Å²) >= 11 is 0. The van der Waals surface area contributed by atoms with E-state index in [1.54, 1.807) is 49.6 Å². The maximum Gasteiger partial charge on any atom is 0.251 e. The fourth-order valence-electron chi connectivity index (χ4n) is 2.63. The number of carbonyl (C=O) groups is 1. The van der Waals surface area contributed by atoms with Crippen molar-refractivity contribution in [1.82, 2.24) is 15.3 Å². The number of hydrogen-bond acceptors (Lipinski definition) is 5. The zero-order chi connectivity index (χ0) is 18.7. The Morgan fingerprint density at radius 1 is 1.12 bits per heavy atom. The zero-order valence-corrected chi connectivity index (χ0v) is 15.0. The van der Waals surface area contributed by atoms with Crippen LogP contribution in [0.25, 0.3) is 11.0 Å². The molecule has 0 aliphatic carbocycles. The van der Waals surface area contributed by atoms with Gasteiger partial charge in [-0.25, -0.2) is 9.97 Å². The van der Waals surface area contributed by atoms with Crippen LogP contribution in [-0.2, 0) is 0 Å². The monoisotopic (exact) mass is 351 g/mol. The van der Waals surface area contributed by atoms with Gasteiger partial charge in [0.25, 0.3) is 5.91 Å². The third kappa shape index (κ3) is 3.81. The molecule has 0 bridgehead atoms. The number of amides is 1. The summed E-state index contributed by atoms with van der Waals surface area (Å²) in [5, 5.41) is 13.0. The van der Waals surface area contributed by atoms with Gasteiger partial charge in [-0.3, -0.25) is 4.79 Å². The molecule has 1 atom stereocenters. The van der Waals surface area contributed by atoms with E-state index in [4.69, 9.17) is 4.74 Å². The number of fused-ring (bicyclic) bond motifs is 1. The van der Waals surface area contributed by atoms with Gasteiger partial charge in [-0.15, -0.1) is 0 Å². The van der Waals surface area contributed by atoms with E-state index >= 15 is 0 Å². The van der Waals surface area contributed by atoms with E-state index in [1.165, 1.54) is 0 Å². The summed E-state index contributed by atoms with van der Waals surface area (Å²) in [5.74, 6) is 0.389. The summed E-state index contributed by atoms with van der Waals surface area (Å²) < 4.78 is 5.15. The topological polar surface area (TPSA) is 84.3 Å². The summed E-state index contributed by atoms with van der Waals surface area (Å²) in [7, 11) is 1.57. The molecular weight excluding hydrogens is 330 g/mol. The first-order valence-corrected chi connectivity index (χ1v) is 8.33. The van der Waals surface area contributed by atoms with Gasteiger partial charge in [0.15, 0.2) is 0 Å². The summed E-state index contributed by atoms with van der Waals surface area (Å²) in [6.45, 7) is 3.89. The fourth-order valence-corrected chi connectivity index (χ4v) is 2.63. The first-order valence-electron chi connectivity index (χ1n) is 8.33. The molecule has 1 aromatic heterocycles. The number of nitrogens with zero attached hydrogens (tertiary/aromatic N) is 2. The summed E-state index contributed by atoms with van der Waals surface area (Å²) in [6, 6.07) is 12.3. The number of aliphatic hydroxyl groups excluding tert-OH is 1. The molecule has 1 unspecified atom stereocenters. The predicted octanol–water partition coefficient (Wildman–Crippen LogP) is 2.72. The number of hydrogen-bond donors (Lipinski definition) is 2. The molecule has 1 amide bonds. The molecule has 0 fully saturated rings. The molecule has 3 aromatic rings. The standard InChI is InChI=1S/C20H21N3O3/c1-12-13(2)23-18-10-15(7-8-17(18)22-12)20(25)21-11-19(24)14-5-4-6-16(9-14)26-3/h4-10,19,24H,11H2,1-3H3,(H,21,25). The maximum atomic E-state index is 12.4. The number of aliphatic hydroxyl groups is 1. The van der Waals surface area contributed by atoms with Gasteiger partial charge in [-0.1, -0.05) is 12.1 Å². The third-order valence-electron chi connectivity index (χ3n) is 4.27. The highest BCUT2D eigenvalue weighted by Gasteiger charge is 2.13. The molecule has 0 aliphatic heterocycles. The van der Waals surface area contributed by atoms with Crippen molar-refractivity contribution in [1.29, 1.82) is 0 Å². The normalized spacial score (nSPS) is 12.0. The van der Waals surface area contributed by atoms with Crippen LogP contribution in [0.1, 0.15) is 33.4 Å². The van der Waals surface area contributed by atoms with Crippen LogP contribution in [0.5, 0.6) is 5.75 Å². The Balaban J connectivity index is 1.71. The second-order valence-corrected chi connectivity index (χ2v) is 6.10. The Bertz CT molecular complexity index is 956. The van der Waals surface area contributed by atoms with E-state index < -0.39 is 6.10 Å². The van der Waals surface area contributed by atoms with Crippen molar-refractivity contribution in [2.24, 2.45) is 0 Å². The number of rotatable bonds is 5. The van der Waals surface area contributed by atoms with Crippen LogP contribution in [0.2, 0.25) is 0 Å².